The first-order valence-corrected chi connectivity index (χ1v) is 16.4. The van der Waals surface area contributed by atoms with Gasteiger partial charge in [-0.3, -0.25) is 0 Å². The minimum atomic E-state index is 0. The molecule has 5 heteroatoms. The largest absolute Gasteiger partial charge is 0 e. The van der Waals surface area contributed by atoms with Crippen LogP contribution >= 0.6 is 0 Å². The molecule has 0 aromatic heterocycles. The van der Waals surface area contributed by atoms with Crippen molar-refractivity contribution in [3.63, 3.8) is 0 Å². The van der Waals surface area contributed by atoms with E-state index >= 15 is 0 Å². The van der Waals surface area contributed by atoms with E-state index in [1.165, 1.54) is 0 Å². The molecular weight excluding hydrogens is 626 g/mol. The zero-order valence-electron chi connectivity index (χ0n) is 2.12. The van der Waals surface area contributed by atoms with Crippen molar-refractivity contribution in [3.8, 4) is 0 Å². The topological polar surface area (TPSA) is 0 Å². The molecule has 0 rings (SSSR count). The molecule has 0 heterocycles. The van der Waals surface area contributed by atoms with E-state index in [9.17, 15) is 0 Å². The Balaban J connectivity index is -0.0000000133. The second-order valence-corrected chi connectivity index (χ2v) is 0. The zero-order chi connectivity index (χ0) is 4.00. The summed E-state index contributed by atoms with van der Waals surface area (Å²) >= 11 is 7.52. The summed E-state index contributed by atoms with van der Waals surface area (Å²) in [6.07, 6.45) is 0. The summed E-state index contributed by atoms with van der Waals surface area (Å²) in [5.74, 6) is 0. The van der Waals surface area contributed by atoms with Gasteiger partial charge >= 0.3 is 72.1 Å². The Kier molecular flexibility index (Phi) is 78.4. The van der Waals surface area contributed by atoms with E-state index in [-0.39, 0.29) is 23.7 Å². The second-order valence-electron chi connectivity index (χ2n) is 0. The van der Waals surface area contributed by atoms with Gasteiger partial charge in [0.25, 0.3) is 0 Å². The average Bonchev–Trinajstić information content (AvgIpc) is 1.50. The Labute approximate surface area is 93.0 Å². The van der Waals surface area contributed by atoms with E-state index in [2.05, 4.69) is 0 Å². The first kappa shape index (κ1) is 16.0. The normalized spacial score (nSPS) is 1.60. The minimum Gasteiger partial charge on any atom is 0 e. The fourth-order valence-corrected chi connectivity index (χ4v) is 0. The van der Waals surface area contributed by atoms with Gasteiger partial charge < -0.3 is 0 Å². The maximum Gasteiger partial charge on any atom is 0 e. The predicted molar refractivity (Wildman–Crippen MR) is 28.8 cm³/mol. The van der Waals surface area contributed by atoms with E-state index in [4.69, 9.17) is 0 Å². The number of hydrogen-bond acceptors (Lipinski definition) is 0. The van der Waals surface area contributed by atoms with Gasteiger partial charge in [0.15, 0.2) is 0 Å². The maximum absolute atomic E-state index is 2.00. The van der Waals surface area contributed by atoms with Gasteiger partial charge in [-0.05, 0) is 0 Å². The molecule has 0 amide bonds. The van der Waals surface area contributed by atoms with E-state index in [0.29, 0.717) is 0 Å². The molecule has 0 atom stereocenters. The van der Waals surface area contributed by atoms with Gasteiger partial charge in [0.2, 0.25) is 0 Å². The molecule has 0 aliphatic carbocycles. The van der Waals surface area contributed by atoms with E-state index in [1.54, 1.807) is 36.9 Å². The summed E-state index contributed by atoms with van der Waals surface area (Å²) in [6.45, 7) is 0. The molecule has 0 aliphatic heterocycles. The molecule has 0 fully saturated rings. The van der Waals surface area contributed by atoms with Crippen LogP contribution in [0.2, 0.25) is 0 Å². The fraction of sp³-hybridized carbons (Fsp3) is 0. The van der Waals surface area contributed by atoms with Crippen molar-refractivity contribution in [1.82, 2.24) is 0 Å². The van der Waals surface area contributed by atoms with E-state index in [1.807, 2.05) is 35.2 Å². The van der Waals surface area contributed by atoms with Crippen LogP contribution in [0, 0.1) is 0 Å². The van der Waals surface area contributed by atoms with Crippen LogP contribution in [0.4, 0.5) is 0 Å². The monoisotopic (exact) mass is 632 g/mol. The van der Waals surface area contributed by atoms with Gasteiger partial charge in [0.1, 0.15) is 0 Å². The molecule has 0 nitrogen and oxygen atoms in total. The van der Waals surface area contributed by atoms with Crippen LogP contribution in [-0.2, 0) is 0 Å². The molecule has 0 spiro atoms. The summed E-state index contributed by atoms with van der Waals surface area (Å²) in [5.41, 5.74) is 0. The van der Waals surface area contributed by atoms with Gasteiger partial charge in [-0.25, -0.2) is 0 Å². The van der Waals surface area contributed by atoms with Crippen LogP contribution in [0.25, 0.3) is 0 Å². The van der Waals surface area contributed by atoms with Crippen molar-refractivity contribution in [2.75, 3.05) is 0 Å². The Hall–Kier alpha value is 4.01. The molecule has 28 valence electrons. The van der Waals surface area contributed by atoms with Crippen LogP contribution in [0.15, 0.2) is 0 Å². The molecule has 0 aromatic carbocycles. The molecular formula is Sb2Te3. The Morgan fingerprint density at radius 3 is 0.800 bits per heavy atom. The summed E-state index contributed by atoms with van der Waals surface area (Å²) in [5, 5.41) is 0. The number of hydrogen-bond donors (Lipinski definition) is 0. The standard InChI is InChI=1S/2Sb.3Te. The van der Waals surface area contributed by atoms with Crippen molar-refractivity contribution in [1.29, 1.82) is 0 Å². The van der Waals surface area contributed by atoms with Crippen molar-refractivity contribution in [2.24, 2.45) is 0 Å². The molecule has 5 heavy (non-hydrogen) atoms. The summed E-state index contributed by atoms with van der Waals surface area (Å²) in [7, 11) is 0. The van der Waals surface area contributed by atoms with Crippen molar-refractivity contribution in [3.05, 3.63) is 0 Å². The summed E-state index contributed by atoms with van der Waals surface area (Å²) in [4.78, 5) is 0. The Bertz CT molecular complexity index is 6.85. The Morgan fingerprint density at radius 2 is 0.800 bits per heavy atom. The SMILES string of the molecule is [Sb]=[Te].[Sb]=[Te].[Te]. The van der Waals surface area contributed by atoms with Gasteiger partial charge in [-0.2, -0.15) is 0 Å². The molecule has 0 aliphatic rings. The minimum absolute atomic E-state index is 0. The summed E-state index contributed by atoms with van der Waals surface area (Å²) in [6, 6.07) is 0. The van der Waals surface area contributed by atoms with E-state index in [0.717, 1.165) is 0 Å². The third-order valence-electron chi connectivity index (χ3n) is 0. The van der Waals surface area contributed by atoms with Gasteiger partial charge in [0, 0.05) is 23.7 Å². The van der Waals surface area contributed by atoms with Crippen LogP contribution in [-0.4, -0.2) is 95.8 Å². The quantitative estimate of drug-likeness (QED) is 0.276. The summed E-state index contributed by atoms with van der Waals surface area (Å²) < 4.78 is 0. The number of rotatable bonds is 0. The zero-order valence-corrected chi connectivity index (χ0v) is 14.2. The molecule has 4 radical (unpaired) electrons. The van der Waals surface area contributed by atoms with Crippen molar-refractivity contribution < 1.29 is 0 Å². The molecule has 0 aromatic rings. The maximum atomic E-state index is 2.00. The van der Waals surface area contributed by atoms with Crippen molar-refractivity contribution >= 4 is 95.8 Å². The first-order chi connectivity index (χ1) is 2.00. The molecule has 0 saturated carbocycles. The van der Waals surface area contributed by atoms with Crippen LogP contribution in [0.5, 0.6) is 0 Å². The molecule has 0 bridgehead atoms. The Morgan fingerprint density at radius 1 is 0.800 bits per heavy atom. The van der Waals surface area contributed by atoms with Crippen LogP contribution in [0.1, 0.15) is 0 Å². The average molecular weight is 626 g/mol. The van der Waals surface area contributed by atoms with Crippen LogP contribution < -0.4 is 0 Å². The van der Waals surface area contributed by atoms with Crippen LogP contribution in [0.3, 0.4) is 0 Å². The molecule has 0 N–H and O–H groups in total. The van der Waals surface area contributed by atoms with Gasteiger partial charge in [-0.1, -0.05) is 0 Å². The van der Waals surface area contributed by atoms with Gasteiger partial charge in [-0.15, -0.1) is 0 Å². The smallest absolute Gasteiger partial charge is 0 e. The molecule has 0 unspecified atom stereocenters. The predicted octanol–water partition coefficient (Wildman–Crippen LogP) is -1.90. The first-order valence-electron chi connectivity index (χ1n) is 0.365. The molecule has 0 saturated heterocycles. The fourth-order valence-electron chi connectivity index (χ4n) is 0. The second kappa shape index (κ2) is 24.5. The van der Waals surface area contributed by atoms with E-state index < -0.39 is 0 Å². The van der Waals surface area contributed by atoms with Gasteiger partial charge in [0.05, 0.1) is 0 Å². The third-order valence-corrected chi connectivity index (χ3v) is 0. The van der Waals surface area contributed by atoms with Crippen molar-refractivity contribution in [2.45, 2.75) is 0 Å². The third kappa shape index (κ3) is 18.0.